The lowest BCUT2D eigenvalue weighted by atomic mass is 10.1. The van der Waals surface area contributed by atoms with Crippen molar-refractivity contribution in [3.8, 4) is 0 Å². The molecule has 0 saturated heterocycles. The zero-order valence-corrected chi connectivity index (χ0v) is 10.8. The maximum Gasteiger partial charge on any atom is 0.359 e. The normalized spacial score (nSPS) is 10.4. The molecule has 1 heterocycles. The Morgan fingerprint density at radius 3 is 2.63 bits per heavy atom. The van der Waals surface area contributed by atoms with E-state index in [1.165, 1.54) is 7.05 Å². The van der Waals surface area contributed by atoms with Crippen LogP contribution < -0.4 is 5.56 Å². The number of carbonyl (C=O) groups excluding carboxylic acids is 1. The van der Waals surface area contributed by atoms with Crippen LogP contribution in [0.3, 0.4) is 0 Å². The van der Waals surface area contributed by atoms with Gasteiger partial charge in [-0.3, -0.25) is 4.79 Å². The lowest BCUT2D eigenvalue weighted by Gasteiger charge is -2.08. The molecule has 98 valence electrons. The van der Waals surface area contributed by atoms with Crippen LogP contribution in [0.5, 0.6) is 0 Å². The summed E-state index contributed by atoms with van der Waals surface area (Å²) in [5.74, 6) is -0.560. The molecule has 1 aromatic heterocycles. The van der Waals surface area contributed by atoms with Gasteiger partial charge in [-0.25, -0.2) is 9.48 Å². The van der Waals surface area contributed by atoms with E-state index in [1.807, 2.05) is 0 Å². The maximum absolute atomic E-state index is 12.0. The van der Waals surface area contributed by atoms with E-state index in [0.29, 0.717) is 10.8 Å². The molecule has 0 aliphatic rings. The zero-order valence-electron chi connectivity index (χ0n) is 10.8. The highest BCUT2D eigenvalue weighted by Gasteiger charge is 2.16. The molecular weight excluding hydrogens is 244 g/mol. The largest absolute Gasteiger partial charge is 0.456 e. The second-order valence-electron chi connectivity index (χ2n) is 4.36. The first kappa shape index (κ1) is 13.0. The van der Waals surface area contributed by atoms with Gasteiger partial charge in [0.05, 0.1) is 5.39 Å². The van der Waals surface area contributed by atoms with Crippen molar-refractivity contribution in [1.29, 1.82) is 0 Å². The monoisotopic (exact) mass is 258 g/mol. The van der Waals surface area contributed by atoms with Crippen LogP contribution in [-0.2, 0) is 11.8 Å². The highest BCUT2D eigenvalue weighted by molar-refractivity contribution is 6.02. The first-order valence-corrected chi connectivity index (χ1v) is 5.78. The fourth-order valence-corrected chi connectivity index (χ4v) is 1.71. The average Bonchev–Trinajstić information content (AvgIpc) is 2.40. The number of rotatable bonds is 3. The van der Waals surface area contributed by atoms with Crippen LogP contribution in [0.4, 0.5) is 0 Å². The summed E-state index contributed by atoms with van der Waals surface area (Å²) in [6.45, 7) is 5.56. The van der Waals surface area contributed by atoms with Gasteiger partial charge < -0.3 is 4.74 Å². The lowest BCUT2D eigenvalue weighted by molar-refractivity contribution is 0.0533. The van der Waals surface area contributed by atoms with E-state index < -0.39 is 5.97 Å². The molecule has 0 atom stereocenters. The van der Waals surface area contributed by atoms with Crippen LogP contribution >= 0.6 is 0 Å². The molecule has 2 rings (SSSR count). The Morgan fingerprint density at radius 1 is 1.37 bits per heavy atom. The summed E-state index contributed by atoms with van der Waals surface area (Å²) in [7, 11) is 1.50. The minimum atomic E-state index is -0.560. The first-order valence-electron chi connectivity index (χ1n) is 5.78. The van der Waals surface area contributed by atoms with E-state index in [1.54, 1.807) is 31.2 Å². The van der Waals surface area contributed by atoms with Gasteiger partial charge in [0.1, 0.15) is 6.61 Å². The van der Waals surface area contributed by atoms with Crippen molar-refractivity contribution in [3.63, 3.8) is 0 Å². The van der Waals surface area contributed by atoms with Gasteiger partial charge in [-0.05, 0) is 18.6 Å². The summed E-state index contributed by atoms with van der Waals surface area (Å²) in [5.41, 5.74) is 0.633. The van der Waals surface area contributed by atoms with Gasteiger partial charge in [0.2, 0.25) is 0 Å². The highest BCUT2D eigenvalue weighted by atomic mass is 16.5. The topological polar surface area (TPSA) is 61.2 Å². The number of hydrogen-bond donors (Lipinski definition) is 0. The molecule has 0 bridgehead atoms. The highest BCUT2D eigenvalue weighted by Crippen LogP contribution is 2.14. The van der Waals surface area contributed by atoms with Gasteiger partial charge in [0.25, 0.3) is 5.56 Å². The van der Waals surface area contributed by atoms with E-state index in [0.717, 1.165) is 10.3 Å². The predicted molar refractivity (Wildman–Crippen MR) is 72.1 cm³/mol. The van der Waals surface area contributed by atoms with Gasteiger partial charge >= 0.3 is 5.97 Å². The Morgan fingerprint density at radius 2 is 2.00 bits per heavy atom. The molecule has 5 nitrogen and oxygen atoms in total. The molecule has 0 amide bonds. The third-order valence-electron chi connectivity index (χ3n) is 2.60. The van der Waals surface area contributed by atoms with Crippen molar-refractivity contribution in [1.82, 2.24) is 9.78 Å². The molecule has 0 unspecified atom stereocenters. The number of aromatic nitrogens is 2. The van der Waals surface area contributed by atoms with Crippen LogP contribution in [-0.4, -0.2) is 22.4 Å². The molecule has 0 N–H and O–H groups in total. The number of esters is 1. The molecule has 19 heavy (non-hydrogen) atoms. The van der Waals surface area contributed by atoms with Crippen molar-refractivity contribution in [2.75, 3.05) is 6.61 Å². The summed E-state index contributed by atoms with van der Waals surface area (Å²) < 4.78 is 6.21. The molecule has 0 aliphatic heterocycles. The number of nitrogens with zero attached hydrogens (tertiary/aromatic N) is 2. The molecule has 5 heteroatoms. The van der Waals surface area contributed by atoms with Gasteiger partial charge in [-0.2, -0.15) is 5.10 Å². The first-order chi connectivity index (χ1) is 9.00. The molecule has 0 aliphatic carbocycles. The van der Waals surface area contributed by atoms with Crippen molar-refractivity contribution >= 4 is 16.7 Å². The Balaban J connectivity index is 2.54. The quantitative estimate of drug-likeness (QED) is 0.620. The van der Waals surface area contributed by atoms with Crippen LogP contribution in [0.1, 0.15) is 17.4 Å². The van der Waals surface area contributed by atoms with Gasteiger partial charge in [0, 0.05) is 12.4 Å². The maximum atomic E-state index is 12.0. The van der Waals surface area contributed by atoms with Crippen LogP contribution in [0.15, 0.2) is 41.2 Å². The second kappa shape index (κ2) is 5.06. The fraction of sp³-hybridized carbons (Fsp3) is 0.214. The number of benzene rings is 1. The summed E-state index contributed by atoms with van der Waals surface area (Å²) in [6, 6.07) is 6.84. The number of aryl methyl sites for hydroxylation is 1. The van der Waals surface area contributed by atoms with Crippen LogP contribution in [0.2, 0.25) is 0 Å². The van der Waals surface area contributed by atoms with E-state index in [-0.39, 0.29) is 17.9 Å². The van der Waals surface area contributed by atoms with E-state index >= 15 is 0 Å². The van der Waals surface area contributed by atoms with E-state index in [9.17, 15) is 9.59 Å². The smallest absolute Gasteiger partial charge is 0.359 e. The molecule has 0 spiro atoms. The molecule has 0 saturated carbocycles. The third kappa shape index (κ3) is 2.54. The molecule has 2 aromatic rings. The van der Waals surface area contributed by atoms with E-state index in [2.05, 4.69) is 11.7 Å². The minimum absolute atomic E-state index is 0.137. The average molecular weight is 258 g/mol. The van der Waals surface area contributed by atoms with Crippen molar-refractivity contribution in [2.45, 2.75) is 6.92 Å². The predicted octanol–water partition coefficient (Wildman–Crippen LogP) is 1.67. The van der Waals surface area contributed by atoms with Crippen molar-refractivity contribution < 1.29 is 9.53 Å². The van der Waals surface area contributed by atoms with Crippen molar-refractivity contribution in [3.05, 3.63) is 52.5 Å². The lowest BCUT2D eigenvalue weighted by Crippen LogP contribution is -2.24. The molecule has 0 radical (unpaired) electrons. The number of fused-ring (bicyclic) bond motifs is 1. The minimum Gasteiger partial charge on any atom is -0.456 e. The van der Waals surface area contributed by atoms with Gasteiger partial charge in [0.15, 0.2) is 5.69 Å². The Bertz CT molecular complexity index is 716. The summed E-state index contributed by atoms with van der Waals surface area (Å²) in [5, 5.41) is 4.92. The Labute approximate surface area is 110 Å². The number of hydrogen-bond acceptors (Lipinski definition) is 4. The van der Waals surface area contributed by atoms with Gasteiger partial charge in [-0.15, -0.1) is 0 Å². The number of ether oxygens (including phenoxy) is 1. The van der Waals surface area contributed by atoms with Gasteiger partial charge in [-0.1, -0.05) is 24.8 Å². The van der Waals surface area contributed by atoms with Crippen LogP contribution in [0, 0.1) is 0 Å². The third-order valence-corrected chi connectivity index (χ3v) is 2.60. The summed E-state index contributed by atoms with van der Waals surface area (Å²) >= 11 is 0. The standard InChI is InChI=1S/C14H14N2O3/c1-9(2)8-19-14(18)12-10-6-4-5-7-11(10)13(17)16(3)15-12/h4-7H,1,8H2,2-3H3. The number of carbonyl (C=O) groups is 1. The Kier molecular flexibility index (Phi) is 3.46. The van der Waals surface area contributed by atoms with Crippen LogP contribution in [0.25, 0.3) is 10.8 Å². The zero-order chi connectivity index (χ0) is 14.0. The second-order valence-corrected chi connectivity index (χ2v) is 4.36. The summed E-state index contributed by atoms with van der Waals surface area (Å²) in [6.07, 6.45) is 0. The SMILES string of the molecule is C=C(C)COC(=O)c1nn(C)c(=O)c2ccccc12. The van der Waals surface area contributed by atoms with E-state index in [4.69, 9.17) is 4.74 Å². The Hall–Kier alpha value is -2.43. The van der Waals surface area contributed by atoms with Crippen molar-refractivity contribution in [2.24, 2.45) is 7.05 Å². The molecule has 1 aromatic carbocycles. The summed E-state index contributed by atoms with van der Waals surface area (Å²) in [4.78, 5) is 23.9. The fourth-order valence-electron chi connectivity index (χ4n) is 1.71. The molecule has 0 fully saturated rings. The molecular formula is C14H14N2O3.